The van der Waals surface area contributed by atoms with Crippen molar-refractivity contribution in [2.75, 3.05) is 0 Å². The third kappa shape index (κ3) is 2.65. The second-order valence-corrected chi connectivity index (χ2v) is 4.15. The third-order valence-electron chi connectivity index (χ3n) is 2.38. The van der Waals surface area contributed by atoms with Crippen LogP contribution in [0.1, 0.15) is 19.5 Å². The SMILES string of the molecule is CC(C)Oc1ccccc1-c1cc(CN)[nH]n1. The lowest BCUT2D eigenvalue weighted by atomic mass is 10.1. The predicted octanol–water partition coefficient (Wildman–Crippen LogP) is 2.32. The summed E-state index contributed by atoms with van der Waals surface area (Å²) >= 11 is 0. The van der Waals surface area contributed by atoms with Gasteiger partial charge in [0.15, 0.2) is 0 Å². The van der Waals surface area contributed by atoms with Crippen molar-refractivity contribution in [3.8, 4) is 17.0 Å². The Kier molecular flexibility index (Phi) is 3.44. The van der Waals surface area contributed by atoms with E-state index < -0.39 is 0 Å². The zero-order valence-electron chi connectivity index (χ0n) is 10.1. The van der Waals surface area contributed by atoms with Gasteiger partial charge in [0.05, 0.1) is 11.8 Å². The van der Waals surface area contributed by atoms with E-state index in [-0.39, 0.29) is 6.10 Å². The molecule has 2 aromatic rings. The number of ether oxygens (including phenoxy) is 1. The highest BCUT2D eigenvalue weighted by Gasteiger charge is 2.10. The number of nitrogens with zero attached hydrogens (tertiary/aromatic N) is 1. The Morgan fingerprint density at radius 2 is 2.12 bits per heavy atom. The van der Waals surface area contributed by atoms with Crippen molar-refractivity contribution < 1.29 is 4.74 Å². The van der Waals surface area contributed by atoms with E-state index >= 15 is 0 Å². The van der Waals surface area contributed by atoms with Crippen LogP contribution in [0.25, 0.3) is 11.3 Å². The van der Waals surface area contributed by atoms with E-state index in [9.17, 15) is 0 Å². The summed E-state index contributed by atoms with van der Waals surface area (Å²) in [6, 6.07) is 9.82. The number of hydrogen-bond acceptors (Lipinski definition) is 3. The highest BCUT2D eigenvalue weighted by Crippen LogP contribution is 2.29. The Balaban J connectivity index is 2.36. The number of rotatable bonds is 4. The Bertz CT molecular complexity index is 491. The first-order chi connectivity index (χ1) is 8.20. The van der Waals surface area contributed by atoms with Gasteiger partial charge in [-0.15, -0.1) is 0 Å². The number of aromatic nitrogens is 2. The normalized spacial score (nSPS) is 10.8. The summed E-state index contributed by atoms with van der Waals surface area (Å²) in [6.45, 7) is 4.47. The van der Waals surface area contributed by atoms with Gasteiger partial charge in [0.1, 0.15) is 5.75 Å². The Labute approximate surface area is 101 Å². The molecule has 0 saturated carbocycles. The van der Waals surface area contributed by atoms with Crippen LogP contribution in [-0.4, -0.2) is 16.3 Å². The van der Waals surface area contributed by atoms with E-state index in [2.05, 4.69) is 10.2 Å². The summed E-state index contributed by atoms with van der Waals surface area (Å²) in [5.74, 6) is 0.845. The van der Waals surface area contributed by atoms with Crippen LogP contribution < -0.4 is 10.5 Å². The minimum atomic E-state index is 0.143. The first-order valence-corrected chi connectivity index (χ1v) is 5.71. The van der Waals surface area contributed by atoms with Gasteiger partial charge >= 0.3 is 0 Å². The number of H-pyrrole nitrogens is 1. The molecule has 2 rings (SSSR count). The Hall–Kier alpha value is -1.81. The van der Waals surface area contributed by atoms with Gasteiger partial charge in [-0.25, -0.2) is 0 Å². The van der Waals surface area contributed by atoms with Crippen LogP contribution in [0, 0.1) is 0 Å². The molecule has 3 N–H and O–H groups in total. The van der Waals surface area contributed by atoms with E-state index in [1.165, 1.54) is 0 Å². The first kappa shape index (κ1) is 11.7. The van der Waals surface area contributed by atoms with Gasteiger partial charge < -0.3 is 10.5 Å². The molecule has 1 aromatic carbocycles. The zero-order chi connectivity index (χ0) is 12.3. The van der Waals surface area contributed by atoms with Crippen LogP contribution in [0.4, 0.5) is 0 Å². The number of nitrogens with two attached hydrogens (primary N) is 1. The maximum absolute atomic E-state index is 5.76. The van der Waals surface area contributed by atoms with E-state index in [4.69, 9.17) is 10.5 Å². The van der Waals surface area contributed by atoms with E-state index in [1.54, 1.807) is 0 Å². The van der Waals surface area contributed by atoms with Gasteiger partial charge in [-0.05, 0) is 32.0 Å². The van der Waals surface area contributed by atoms with Crippen LogP contribution >= 0.6 is 0 Å². The molecule has 0 unspecified atom stereocenters. The van der Waals surface area contributed by atoms with Crippen LogP contribution in [0.3, 0.4) is 0 Å². The predicted molar refractivity (Wildman–Crippen MR) is 67.7 cm³/mol. The van der Waals surface area contributed by atoms with Gasteiger partial charge in [0, 0.05) is 17.8 Å². The highest BCUT2D eigenvalue weighted by molar-refractivity contribution is 5.67. The summed E-state index contributed by atoms with van der Waals surface area (Å²) < 4.78 is 5.76. The van der Waals surface area contributed by atoms with Crippen molar-refractivity contribution in [1.82, 2.24) is 10.2 Å². The molecule has 0 fully saturated rings. The molecule has 0 aliphatic carbocycles. The first-order valence-electron chi connectivity index (χ1n) is 5.71. The molecule has 0 aliphatic rings. The maximum Gasteiger partial charge on any atom is 0.129 e. The lowest BCUT2D eigenvalue weighted by Gasteiger charge is -2.12. The minimum Gasteiger partial charge on any atom is -0.490 e. The van der Waals surface area contributed by atoms with Gasteiger partial charge in [-0.2, -0.15) is 5.10 Å². The lowest BCUT2D eigenvalue weighted by Crippen LogP contribution is -2.06. The molecule has 0 atom stereocenters. The molecule has 0 saturated heterocycles. The van der Waals surface area contributed by atoms with Crippen LogP contribution in [-0.2, 0) is 6.54 Å². The van der Waals surface area contributed by atoms with Crippen molar-refractivity contribution in [2.45, 2.75) is 26.5 Å². The van der Waals surface area contributed by atoms with Gasteiger partial charge in [-0.1, -0.05) is 12.1 Å². The maximum atomic E-state index is 5.76. The molecule has 1 heterocycles. The van der Waals surface area contributed by atoms with E-state index in [0.29, 0.717) is 6.54 Å². The second kappa shape index (κ2) is 5.01. The van der Waals surface area contributed by atoms with Gasteiger partial charge in [0.2, 0.25) is 0 Å². The highest BCUT2D eigenvalue weighted by atomic mass is 16.5. The van der Waals surface area contributed by atoms with Crippen LogP contribution in [0.2, 0.25) is 0 Å². The number of para-hydroxylation sites is 1. The van der Waals surface area contributed by atoms with E-state index in [1.807, 2.05) is 44.2 Å². The van der Waals surface area contributed by atoms with Gasteiger partial charge in [0.25, 0.3) is 0 Å². The fraction of sp³-hybridized carbons (Fsp3) is 0.308. The molecule has 0 bridgehead atoms. The molecular weight excluding hydrogens is 214 g/mol. The van der Waals surface area contributed by atoms with Crippen molar-refractivity contribution in [1.29, 1.82) is 0 Å². The quantitative estimate of drug-likeness (QED) is 0.848. The molecule has 4 nitrogen and oxygen atoms in total. The Morgan fingerprint density at radius 1 is 1.35 bits per heavy atom. The smallest absolute Gasteiger partial charge is 0.129 e. The molecule has 0 aliphatic heterocycles. The third-order valence-corrected chi connectivity index (χ3v) is 2.38. The number of hydrogen-bond donors (Lipinski definition) is 2. The van der Waals surface area contributed by atoms with Crippen LogP contribution in [0.15, 0.2) is 30.3 Å². The number of benzene rings is 1. The second-order valence-electron chi connectivity index (χ2n) is 4.15. The van der Waals surface area contributed by atoms with E-state index in [0.717, 1.165) is 22.7 Å². The fourth-order valence-electron chi connectivity index (χ4n) is 1.64. The Morgan fingerprint density at radius 3 is 2.76 bits per heavy atom. The van der Waals surface area contributed by atoms with Gasteiger partial charge in [-0.3, -0.25) is 5.10 Å². The molecule has 0 spiro atoms. The summed E-state index contributed by atoms with van der Waals surface area (Å²) in [6.07, 6.45) is 0.143. The average Bonchev–Trinajstić information content (AvgIpc) is 2.77. The number of nitrogens with one attached hydrogen (secondary N) is 1. The van der Waals surface area contributed by atoms with Crippen molar-refractivity contribution in [2.24, 2.45) is 5.73 Å². The molecule has 17 heavy (non-hydrogen) atoms. The lowest BCUT2D eigenvalue weighted by molar-refractivity contribution is 0.243. The van der Waals surface area contributed by atoms with Crippen molar-refractivity contribution in [3.63, 3.8) is 0 Å². The molecule has 90 valence electrons. The number of aromatic amines is 1. The molecular formula is C13H17N3O. The average molecular weight is 231 g/mol. The summed E-state index contributed by atoms with van der Waals surface area (Å²) in [4.78, 5) is 0. The standard InChI is InChI=1S/C13H17N3O/c1-9(2)17-13-6-4-3-5-11(13)12-7-10(8-14)15-16-12/h3-7,9H,8,14H2,1-2H3,(H,15,16). The summed E-state index contributed by atoms with van der Waals surface area (Å²) in [5, 5.41) is 7.14. The van der Waals surface area contributed by atoms with Crippen LogP contribution in [0.5, 0.6) is 5.75 Å². The van der Waals surface area contributed by atoms with Crippen molar-refractivity contribution >= 4 is 0 Å². The van der Waals surface area contributed by atoms with Crippen molar-refractivity contribution in [3.05, 3.63) is 36.0 Å². The fourth-order valence-corrected chi connectivity index (χ4v) is 1.64. The topological polar surface area (TPSA) is 63.9 Å². The molecule has 0 amide bonds. The molecule has 1 aromatic heterocycles. The largest absolute Gasteiger partial charge is 0.490 e. The molecule has 4 heteroatoms. The molecule has 0 radical (unpaired) electrons. The monoisotopic (exact) mass is 231 g/mol. The zero-order valence-corrected chi connectivity index (χ0v) is 10.1. The summed E-state index contributed by atoms with van der Waals surface area (Å²) in [7, 11) is 0. The minimum absolute atomic E-state index is 0.143. The summed E-state index contributed by atoms with van der Waals surface area (Å²) in [5.41, 5.74) is 8.32.